The van der Waals surface area contributed by atoms with E-state index in [9.17, 15) is 4.79 Å². The van der Waals surface area contributed by atoms with Crippen molar-refractivity contribution in [3.8, 4) is 0 Å². The van der Waals surface area contributed by atoms with Crippen LogP contribution in [0.1, 0.15) is 52.4 Å². The molecule has 0 radical (unpaired) electrons. The van der Waals surface area contributed by atoms with E-state index >= 15 is 0 Å². The summed E-state index contributed by atoms with van der Waals surface area (Å²) in [5, 5.41) is 12.3. The molecule has 1 saturated carbocycles. The zero-order chi connectivity index (χ0) is 13.7. The molecule has 19 heavy (non-hydrogen) atoms. The number of thioether (sulfide) groups is 1. The van der Waals surface area contributed by atoms with Gasteiger partial charge in [0.05, 0.1) is 0 Å². The average molecular weight is 299 g/mol. The highest BCUT2D eigenvalue weighted by molar-refractivity contribution is 8.01. The maximum absolute atomic E-state index is 12.1. The minimum absolute atomic E-state index is 0.121. The molecule has 0 aromatic carbocycles. The highest BCUT2D eigenvalue weighted by Gasteiger charge is 2.22. The van der Waals surface area contributed by atoms with Crippen LogP contribution in [0.25, 0.3) is 0 Å². The van der Waals surface area contributed by atoms with Crippen molar-refractivity contribution in [1.29, 1.82) is 0 Å². The second kappa shape index (κ2) is 7.24. The molecule has 1 aliphatic rings. The Balaban J connectivity index is 1.86. The minimum Gasteiger partial charge on any atom is -0.300 e. The second-order valence-electron chi connectivity index (χ2n) is 5.03. The summed E-state index contributed by atoms with van der Waals surface area (Å²) >= 11 is 3.20. The lowest BCUT2D eigenvalue weighted by Gasteiger charge is -2.19. The lowest BCUT2D eigenvalue weighted by molar-refractivity contribution is -0.120. The van der Waals surface area contributed by atoms with Gasteiger partial charge in [0.25, 0.3) is 0 Å². The summed E-state index contributed by atoms with van der Waals surface area (Å²) in [6.07, 6.45) is 6.73. The van der Waals surface area contributed by atoms with Crippen LogP contribution >= 0.6 is 23.1 Å². The molecule has 1 heterocycles. The number of nitrogens with zero attached hydrogens (tertiary/aromatic N) is 2. The van der Waals surface area contributed by atoms with Crippen LogP contribution in [0.3, 0.4) is 0 Å². The molecule has 1 aromatic heterocycles. The lowest BCUT2D eigenvalue weighted by atomic mass is 9.89. The van der Waals surface area contributed by atoms with Crippen molar-refractivity contribution in [3.63, 3.8) is 0 Å². The molecule has 0 aliphatic heterocycles. The van der Waals surface area contributed by atoms with E-state index in [-0.39, 0.29) is 11.8 Å². The molecule has 0 spiro atoms. The van der Waals surface area contributed by atoms with Crippen LogP contribution in [-0.4, -0.2) is 21.4 Å². The van der Waals surface area contributed by atoms with Crippen molar-refractivity contribution in [2.24, 2.45) is 5.92 Å². The molecule has 0 bridgehead atoms. The van der Waals surface area contributed by atoms with Crippen LogP contribution in [0.5, 0.6) is 0 Å². The first-order valence-electron chi connectivity index (χ1n) is 7.00. The Labute approximate surface area is 122 Å². The maximum atomic E-state index is 12.1. The van der Waals surface area contributed by atoms with Crippen LogP contribution in [0.2, 0.25) is 0 Å². The topological polar surface area (TPSA) is 54.9 Å². The van der Waals surface area contributed by atoms with Gasteiger partial charge >= 0.3 is 0 Å². The van der Waals surface area contributed by atoms with E-state index in [1.54, 1.807) is 11.8 Å². The Morgan fingerprint density at radius 3 is 2.84 bits per heavy atom. The van der Waals surface area contributed by atoms with E-state index in [2.05, 4.69) is 29.4 Å². The molecule has 4 nitrogen and oxygen atoms in total. The normalized spacial score (nSPS) is 18.2. The Bertz CT molecular complexity index is 416. The fourth-order valence-electron chi connectivity index (χ4n) is 2.14. The summed E-state index contributed by atoms with van der Waals surface area (Å²) in [6.45, 7) is 4.33. The Kier molecular flexibility index (Phi) is 5.63. The van der Waals surface area contributed by atoms with Crippen molar-refractivity contribution in [2.75, 3.05) is 5.32 Å². The molecule has 1 N–H and O–H groups in total. The quantitative estimate of drug-likeness (QED) is 0.661. The van der Waals surface area contributed by atoms with Gasteiger partial charge in [0.15, 0.2) is 4.34 Å². The predicted molar refractivity (Wildman–Crippen MR) is 80.7 cm³/mol. The Morgan fingerprint density at radius 1 is 1.42 bits per heavy atom. The van der Waals surface area contributed by atoms with Gasteiger partial charge in [-0.15, -0.1) is 10.2 Å². The summed E-state index contributed by atoms with van der Waals surface area (Å²) in [4.78, 5) is 12.1. The summed E-state index contributed by atoms with van der Waals surface area (Å²) in [5.41, 5.74) is 0. The number of anilines is 1. The predicted octanol–water partition coefficient (Wildman–Crippen LogP) is 3.95. The fraction of sp³-hybridized carbons (Fsp3) is 0.769. The number of hydrogen-bond donors (Lipinski definition) is 1. The Hall–Kier alpha value is -0.620. The van der Waals surface area contributed by atoms with Crippen molar-refractivity contribution < 1.29 is 4.79 Å². The molecular formula is C13H21N3OS2. The first kappa shape index (κ1) is 14.8. The molecule has 2 rings (SSSR count). The van der Waals surface area contributed by atoms with Gasteiger partial charge in [0, 0.05) is 11.2 Å². The van der Waals surface area contributed by atoms with Crippen LogP contribution in [-0.2, 0) is 4.79 Å². The van der Waals surface area contributed by atoms with Crippen LogP contribution in [0, 0.1) is 5.92 Å². The summed E-state index contributed by atoms with van der Waals surface area (Å²) < 4.78 is 0.938. The van der Waals surface area contributed by atoms with E-state index in [4.69, 9.17) is 0 Å². The molecule has 6 heteroatoms. The molecular weight excluding hydrogens is 278 g/mol. The summed E-state index contributed by atoms with van der Waals surface area (Å²) in [5.74, 6) is 0.291. The number of carbonyl (C=O) groups is 1. The summed E-state index contributed by atoms with van der Waals surface area (Å²) in [7, 11) is 0. The number of aromatic nitrogens is 2. The van der Waals surface area contributed by atoms with Gasteiger partial charge in [-0.2, -0.15) is 0 Å². The standard InChI is InChI=1S/C13H21N3OS2/c1-3-9(2)18-13-16-15-12(19-13)14-11(17)10-7-5-4-6-8-10/h9-10H,3-8H2,1-2H3,(H,14,15,17)/t9-/m0/s1. The maximum Gasteiger partial charge on any atom is 0.229 e. The van der Waals surface area contributed by atoms with E-state index in [1.807, 2.05) is 0 Å². The molecule has 1 aromatic rings. The van der Waals surface area contributed by atoms with E-state index < -0.39 is 0 Å². The van der Waals surface area contributed by atoms with Gasteiger partial charge in [-0.3, -0.25) is 4.79 Å². The third-order valence-corrected chi connectivity index (χ3v) is 5.68. The monoisotopic (exact) mass is 299 g/mol. The average Bonchev–Trinajstić information content (AvgIpc) is 2.86. The third-order valence-electron chi connectivity index (χ3n) is 3.49. The number of amides is 1. The van der Waals surface area contributed by atoms with Crippen molar-refractivity contribution >= 4 is 34.1 Å². The highest BCUT2D eigenvalue weighted by atomic mass is 32.2. The number of carbonyl (C=O) groups excluding carboxylic acids is 1. The summed E-state index contributed by atoms with van der Waals surface area (Å²) in [6, 6.07) is 0. The molecule has 1 aliphatic carbocycles. The molecule has 106 valence electrons. The van der Waals surface area contributed by atoms with Gasteiger partial charge in [-0.1, -0.05) is 56.2 Å². The SMILES string of the molecule is CC[C@H](C)Sc1nnc(NC(=O)C2CCCCC2)s1. The van der Waals surface area contributed by atoms with Crippen LogP contribution in [0.4, 0.5) is 5.13 Å². The van der Waals surface area contributed by atoms with Crippen molar-refractivity contribution in [1.82, 2.24) is 10.2 Å². The molecule has 1 atom stereocenters. The Morgan fingerprint density at radius 2 is 2.16 bits per heavy atom. The van der Waals surface area contributed by atoms with Gasteiger partial charge in [0.2, 0.25) is 11.0 Å². The van der Waals surface area contributed by atoms with Crippen LogP contribution in [0.15, 0.2) is 4.34 Å². The molecule has 1 fully saturated rings. The number of rotatable bonds is 5. The van der Waals surface area contributed by atoms with E-state index in [0.717, 1.165) is 23.6 Å². The highest BCUT2D eigenvalue weighted by Crippen LogP contribution is 2.31. The zero-order valence-corrected chi connectivity index (χ0v) is 13.1. The van der Waals surface area contributed by atoms with Gasteiger partial charge in [-0.05, 0) is 19.3 Å². The fourth-order valence-corrected chi connectivity index (χ4v) is 4.14. The number of hydrogen-bond acceptors (Lipinski definition) is 5. The van der Waals surface area contributed by atoms with Gasteiger partial charge in [0.1, 0.15) is 0 Å². The molecule has 0 unspecified atom stereocenters. The second-order valence-corrected chi connectivity index (χ2v) is 7.70. The van der Waals surface area contributed by atoms with Crippen molar-refractivity contribution in [3.05, 3.63) is 0 Å². The first-order chi connectivity index (χ1) is 9.19. The van der Waals surface area contributed by atoms with Crippen molar-refractivity contribution in [2.45, 2.75) is 62.0 Å². The smallest absolute Gasteiger partial charge is 0.229 e. The first-order valence-corrected chi connectivity index (χ1v) is 8.69. The van der Waals surface area contributed by atoms with E-state index in [1.165, 1.54) is 30.6 Å². The van der Waals surface area contributed by atoms with Gasteiger partial charge < -0.3 is 5.32 Å². The van der Waals surface area contributed by atoms with Gasteiger partial charge in [-0.25, -0.2) is 0 Å². The van der Waals surface area contributed by atoms with E-state index in [0.29, 0.717) is 10.4 Å². The molecule has 0 saturated heterocycles. The largest absolute Gasteiger partial charge is 0.300 e. The number of nitrogens with one attached hydrogen (secondary N) is 1. The zero-order valence-electron chi connectivity index (χ0n) is 11.5. The lowest BCUT2D eigenvalue weighted by Crippen LogP contribution is -2.24. The third kappa shape index (κ3) is 4.45. The minimum atomic E-state index is 0.121. The molecule has 1 amide bonds. The van der Waals surface area contributed by atoms with Crippen LogP contribution < -0.4 is 5.32 Å².